The van der Waals surface area contributed by atoms with Crippen LogP contribution >= 0.6 is 15.9 Å². The predicted octanol–water partition coefficient (Wildman–Crippen LogP) is 4.82. The van der Waals surface area contributed by atoms with E-state index in [1.807, 2.05) is 19.1 Å². The number of aromatic nitrogens is 1. The van der Waals surface area contributed by atoms with Crippen molar-refractivity contribution in [3.63, 3.8) is 0 Å². The number of nitrogens with two attached hydrogens (primary N) is 1. The largest absolute Gasteiger partial charge is 0.452 e. The van der Waals surface area contributed by atoms with E-state index in [1.54, 1.807) is 24.4 Å². The molecule has 1 heterocycles. The molecule has 2 aromatic carbocycles. The van der Waals surface area contributed by atoms with E-state index >= 15 is 0 Å². The second-order valence-corrected chi connectivity index (χ2v) is 5.54. The van der Waals surface area contributed by atoms with Gasteiger partial charge in [-0.3, -0.25) is 4.98 Å². The van der Waals surface area contributed by atoms with E-state index in [2.05, 4.69) is 20.9 Å². The smallest absolute Gasteiger partial charge is 0.189 e. The summed E-state index contributed by atoms with van der Waals surface area (Å²) in [5.74, 6) is 0.104. The van der Waals surface area contributed by atoms with Crippen molar-refractivity contribution in [1.29, 1.82) is 0 Å². The van der Waals surface area contributed by atoms with Gasteiger partial charge >= 0.3 is 0 Å². The Kier molecular flexibility index (Phi) is 3.51. The van der Waals surface area contributed by atoms with Crippen molar-refractivity contribution in [3.05, 3.63) is 58.4 Å². The van der Waals surface area contributed by atoms with Crippen LogP contribution in [-0.2, 0) is 0 Å². The van der Waals surface area contributed by atoms with Crippen LogP contribution in [0.25, 0.3) is 10.9 Å². The maximum absolute atomic E-state index is 14.2. The number of pyridine rings is 1. The summed E-state index contributed by atoms with van der Waals surface area (Å²) in [5, 5.41) is 0.669. The van der Waals surface area contributed by atoms with E-state index in [-0.39, 0.29) is 5.75 Å². The maximum Gasteiger partial charge on any atom is 0.189 e. The highest BCUT2D eigenvalue weighted by atomic mass is 79.9. The first-order valence-corrected chi connectivity index (χ1v) is 7.12. The molecular weight excluding hydrogens is 335 g/mol. The minimum atomic E-state index is -0.528. The Labute approximate surface area is 129 Å². The summed E-state index contributed by atoms with van der Waals surface area (Å²) in [6.07, 6.45) is 1.58. The summed E-state index contributed by atoms with van der Waals surface area (Å²) < 4.78 is 20.9. The number of aryl methyl sites for hydroxylation is 1. The topological polar surface area (TPSA) is 48.1 Å². The number of halogens is 2. The van der Waals surface area contributed by atoms with E-state index in [4.69, 9.17) is 10.5 Å². The van der Waals surface area contributed by atoms with E-state index < -0.39 is 5.82 Å². The lowest BCUT2D eigenvalue weighted by atomic mass is 10.1. The third kappa shape index (κ3) is 2.56. The van der Waals surface area contributed by atoms with Gasteiger partial charge in [0.25, 0.3) is 0 Å². The number of hydrogen-bond acceptors (Lipinski definition) is 3. The molecule has 2 N–H and O–H groups in total. The van der Waals surface area contributed by atoms with Gasteiger partial charge in [0.05, 0.1) is 0 Å². The Morgan fingerprint density at radius 1 is 1.24 bits per heavy atom. The van der Waals surface area contributed by atoms with Gasteiger partial charge in [-0.15, -0.1) is 0 Å². The molecule has 0 saturated heterocycles. The van der Waals surface area contributed by atoms with Crippen LogP contribution in [0.15, 0.2) is 47.1 Å². The quantitative estimate of drug-likeness (QED) is 0.676. The van der Waals surface area contributed by atoms with E-state index in [0.29, 0.717) is 22.3 Å². The van der Waals surface area contributed by atoms with Crippen LogP contribution in [0.5, 0.6) is 11.5 Å². The number of benzene rings is 2. The molecule has 0 aliphatic rings. The molecule has 3 rings (SSSR count). The average molecular weight is 347 g/mol. The number of fused-ring (bicyclic) bond motifs is 1. The Balaban J connectivity index is 2.14. The van der Waals surface area contributed by atoms with Gasteiger partial charge in [0, 0.05) is 27.8 Å². The molecule has 3 aromatic rings. The van der Waals surface area contributed by atoms with Gasteiger partial charge in [-0.2, -0.15) is 0 Å². The Morgan fingerprint density at radius 2 is 2.05 bits per heavy atom. The second kappa shape index (κ2) is 5.33. The highest BCUT2D eigenvalue weighted by Gasteiger charge is 2.14. The van der Waals surface area contributed by atoms with Gasteiger partial charge in [0.2, 0.25) is 0 Å². The normalized spacial score (nSPS) is 10.8. The van der Waals surface area contributed by atoms with Crippen LogP contribution in [-0.4, -0.2) is 4.98 Å². The van der Waals surface area contributed by atoms with Crippen molar-refractivity contribution in [2.75, 3.05) is 5.73 Å². The minimum Gasteiger partial charge on any atom is -0.452 e. The summed E-state index contributed by atoms with van der Waals surface area (Å²) in [6.45, 7) is 1.94. The fourth-order valence-electron chi connectivity index (χ4n) is 2.11. The van der Waals surface area contributed by atoms with E-state index in [1.165, 1.54) is 6.07 Å². The van der Waals surface area contributed by atoms with Crippen LogP contribution in [0.4, 0.5) is 10.1 Å². The fraction of sp³-hybridized carbons (Fsp3) is 0.0625. The second-order valence-electron chi connectivity index (χ2n) is 4.69. The number of hydrogen-bond donors (Lipinski definition) is 1. The molecule has 0 atom stereocenters. The third-order valence-electron chi connectivity index (χ3n) is 3.18. The first-order chi connectivity index (χ1) is 10.1. The van der Waals surface area contributed by atoms with Crippen LogP contribution < -0.4 is 10.5 Å². The predicted molar refractivity (Wildman–Crippen MR) is 85.1 cm³/mol. The van der Waals surface area contributed by atoms with Crippen molar-refractivity contribution in [2.45, 2.75) is 6.92 Å². The van der Waals surface area contributed by atoms with Gasteiger partial charge in [-0.25, -0.2) is 4.39 Å². The maximum atomic E-state index is 14.2. The zero-order valence-electron chi connectivity index (χ0n) is 11.2. The molecule has 106 valence electrons. The average Bonchev–Trinajstić information content (AvgIpc) is 2.47. The molecular formula is C16H12BrFN2O. The molecule has 3 nitrogen and oxygen atoms in total. The summed E-state index contributed by atoms with van der Waals surface area (Å²) in [7, 11) is 0. The van der Waals surface area contributed by atoms with Gasteiger partial charge in [-0.1, -0.05) is 15.9 Å². The third-order valence-corrected chi connectivity index (χ3v) is 4.07. The lowest BCUT2D eigenvalue weighted by molar-refractivity contribution is 0.447. The first kappa shape index (κ1) is 13.8. The Morgan fingerprint density at radius 3 is 2.81 bits per heavy atom. The van der Waals surface area contributed by atoms with Crippen molar-refractivity contribution in [1.82, 2.24) is 4.98 Å². The van der Waals surface area contributed by atoms with Crippen molar-refractivity contribution in [3.8, 4) is 11.5 Å². The lowest BCUT2D eigenvalue weighted by Gasteiger charge is -2.12. The summed E-state index contributed by atoms with van der Waals surface area (Å²) >= 11 is 3.42. The molecule has 0 amide bonds. The van der Waals surface area contributed by atoms with E-state index in [9.17, 15) is 4.39 Å². The molecule has 0 aliphatic carbocycles. The highest BCUT2D eigenvalue weighted by molar-refractivity contribution is 9.10. The van der Waals surface area contributed by atoms with Gasteiger partial charge < -0.3 is 10.5 Å². The van der Waals surface area contributed by atoms with E-state index in [0.717, 1.165) is 10.0 Å². The van der Waals surface area contributed by atoms with Gasteiger partial charge in [-0.05, 0) is 42.8 Å². The van der Waals surface area contributed by atoms with Crippen molar-refractivity contribution >= 4 is 32.5 Å². The lowest BCUT2D eigenvalue weighted by Crippen LogP contribution is -1.96. The molecule has 0 unspecified atom stereocenters. The van der Waals surface area contributed by atoms with Gasteiger partial charge in [0.15, 0.2) is 11.6 Å². The number of anilines is 1. The number of ether oxygens (including phenoxy) is 1. The molecule has 0 bridgehead atoms. The van der Waals surface area contributed by atoms with Crippen molar-refractivity contribution in [2.24, 2.45) is 0 Å². The number of nitrogen functional groups attached to an aromatic ring is 1. The fourth-order valence-corrected chi connectivity index (χ4v) is 2.35. The molecule has 21 heavy (non-hydrogen) atoms. The number of nitrogens with zero attached hydrogens (tertiary/aromatic N) is 1. The van der Waals surface area contributed by atoms with Crippen molar-refractivity contribution < 1.29 is 9.13 Å². The minimum absolute atomic E-state index is 0.0847. The molecule has 0 spiro atoms. The zero-order chi connectivity index (χ0) is 15.0. The molecule has 0 aliphatic heterocycles. The van der Waals surface area contributed by atoms with Crippen LogP contribution in [0, 0.1) is 12.7 Å². The summed E-state index contributed by atoms with van der Waals surface area (Å²) in [4.78, 5) is 4.18. The zero-order valence-corrected chi connectivity index (χ0v) is 12.8. The van der Waals surface area contributed by atoms with Crippen LogP contribution in [0.1, 0.15) is 5.56 Å². The monoisotopic (exact) mass is 346 g/mol. The molecule has 1 aromatic heterocycles. The number of rotatable bonds is 2. The standard InChI is InChI=1S/C16H12BrFN2O/c1-9-7-10(4-5-12(9)17)21-16-13(18)8-14(19)11-3-2-6-20-15(11)16/h2-8H,19H2,1H3. The molecule has 0 radical (unpaired) electrons. The van der Waals surface area contributed by atoms with Crippen LogP contribution in [0.3, 0.4) is 0 Å². The SMILES string of the molecule is Cc1cc(Oc2c(F)cc(N)c3cccnc23)ccc1Br. The van der Waals surface area contributed by atoms with Crippen LogP contribution in [0.2, 0.25) is 0 Å². The first-order valence-electron chi connectivity index (χ1n) is 6.33. The Hall–Kier alpha value is -2.14. The molecule has 5 heteroatoms. The summed E-state index contributed by atoms with van der Waals surface area (Å²) in [6, 6.07) is 10.2. The molecule has 0 saturated carbocycles. The highest BCUT2D eigenvalue weighted by Crippen LogP contribution is 2.35. The summed E-state index contributed by atoms with van der Waals surface area (Å²) in [5.41, 5.74) is 7.58. The van der Waals surface area contributed by atoms with Gasteiger partial charge in [0.1, 0.15) is 11.3 Å². The molecule has 0 fully saturated rings. The Bertz CT molecular complexity index is 836.